The van der Waals surface area contributed by atoms with Crippen LogP contribution in [0.2, 0.25) is 0 Å². The van der Waals surface area contributed by atoms with Gasteiger partial charge in [0, 0.05) is 30.1 Å². The Balaban J connectivity index is 1.73. The Bertz CT molecular complexity index is 765. The molecule has 1 aromatic carbocycles. The van der Waals surface area contributed by atoms with Crippen LogP contribution in [0.15, 0.2) is 18.2 Å². The van der Waals surface area contributed by atoms with Crippen molar-refractivity contribution in [3.8, 4) is 11.5 Å². The summed E-state index contributed by atoms with van der Waals surface area (Å²) in [5.41, 5.74) is 1.33. The number of rotatable bonds is 5. The van der Waals surface area contributed by atoms with E-state index in [4.69, 9.17) is 14.2 Å². The van der Waals surface area contributed by atoms with Crippen LogP contribution in [0.4, 0.5) is 0 Å². The van der Waals surface area contributed by atoms with Gasteiger partial charge < -0.3 is 24.1 Å². The summed E-state index contributed by atoms with van der Waals surface area (Å²) in [7, 11) is 3.16. The molecule has 3 rings (SSSR count). The minimum Gasteiger partial charge on any atom is -0.493 e. The van der Waals surface area contributed by atoms with E-state index in [2.05, 4.69) is 4.98 Å². The third-order valence-electron chi connectivity index (χ3n) is 4.76. The molecule has 26 heavy (non-hydrogen) atoms. The molecule has 140 valence electrons. The molecule has 7 nitrogen and oxygen atoms in total. The Labute approximate surface area is 152 Å². The van der Waals surface area contributed by atoms with Crippen LogP contribution in [0.3, 0.4) is 0 Å². The molecule has 1 aliphatic heterocycles. The van der Waals surface area contributed by atoms with Gasteiger partial charge in [0.2, 0.25) is 0 Å². The van der Waals surface area contributed by atoms with Crippen LogP contribution in [0.5, 0.6) is 11.5 Å². The number of aromatic nitrogens is 1. The molecule has 0 aliphatic carbocycles. The highest BCUT2D eigenvalue weighted by Crippen LogP contribution is 2.32. The van der Waals surface area contributed by atoms with Gasteiger partial charge >= 0.3 is 5.97 Å². The highest BCUT2D eigenvalue weighted by atomic mass is 16.5. The van der Waals surface area contributed by atoms with Crippen molar-refractivity contribution in [2.24, 2.45) is 5.92 Å². The lowest BCUT2D eigenvalue weighted by Crippen LogP contribution is -2.40. The van der Waals surface area contributed by atoms with E-state index in [1.807, 2.05) is 18.2 Å². The van der Waals surface area contributed by atoms with Gasteiger partial charge in [-0.3, -0.25) is 9.59 Å². The lowest BCUT2D eigenvalue weighted by Gasteiger charge is -2.30. The molecule has 0 spiro atoms. The molecular formula is C19H24N2O5. The fourth-order valence-corrected chi connectivity index (χ4v) is 3.32. The number of benzene rings is 1. The summed E-state index contributed by atoms with van der Waals surface area (Å²) < 4.78 is 15.7. The summed E-state index contributed by atoms with van der Waals surface area (Å²) in [4.78, 5) is 29.6. The lowest BCUT2D eigenvalue weighted by molar-refractivity contribution is -0.149. The summed E-state index contributed by atoms with van der Waals surface area (Å²) in [6.07, 6.45) is 1.26. The number of esters is 1. The number of carbonyl (C=O) groups excluding carboxylic acids is 2. The third-order valence-corrected chi connectivity index (χ3v) is 4.76. The number of fused-ring (bicyclic) bond motifs is 1. The maximum absolute atomic E-state index is 12.8. The maximum atomic E-state index is 12.8. The van der Waals surface area contributed by atoms with Gasteiger partial charge in [-0.2, -0.15) is 0 Å². The van der Waals surface area contributed by atoms with E-state index in [1.54, 1.807) is 26.0 Å². The number of likely N-dealkylation sites (tertiary alicyclic amines) is 1. The highest BCUT2D eigenvalue weighted by Gasteiger charge is 2.29. The molecule has 1 saturated heterocycles. The molecule has 0 saturated carbocycles. The van der Waals surface area contributed by atoms with Crippen molar-refractivity contribution in [2.75, 3.05) is 33.9 Å². The smallest absolute Gasteiger partial charge is 0.309 e. The van der Waals surface area contributed by atoms with Crippen molar-refractivity contribution in [3.05, 3.63) is 23.9 Å². The van der Waals surface area contributed by atoms with Crippen LogP contribution in [0.25, 0.3) is 10.9 Å². The van der Waals surface area contributed by atoms with Crippen LogP contribution >= 0.6 is 0 Å². The van der Waals surface area contributed by atoms with E-state index >= 15 is 0 Å². The van der Waals surface area contributed by atoms with Crippen LogP contribution in [-0.4, -0.2) is 55.7 Å². The number of piperidine rings is 1. The van der Waals surface area contributed by atoms with Gasteiger partial charge in [-0.1, -0.05) is 0 Å². The van der Waals surface area contributed by atoms with E-state index in [-0.39, 0.29) is 17.8 Å². The second-order valence-electron chi connectivity index (χ2n) is 6.30. The summed E-state index contributed by atoms with van der Waals surface area (Å²) in [6, 6.07) is 5.48. The molecule has 0 atom stereocenters. The maximum Gasteiger partial charge on any atom is 0.309 e. The molecule has 1 N–H and O–H groups in total. The highest BCUT2D eigenvalue weighted by molar-refractivity contribution is 5.98. The molecule has 1 aromatic heterocycles. The van der Waals surface area contributed by atoms with Crippen LogP contribution in [-0.2, 0) is 9.53 Å². The van der Waals surface area contributed by atoms with Gasteiger partial charge in [-0.25, -0.2) is 0 Å². The van der Waals surface area contributed by atoms with Gasteiger partial charge in [0.15, 0.2) is 11.5 Å². The Hall–Kier alpha value is -2.70. The number of hydrogen-bond acceptors (Lipinski definition) is 5. The topological polar surface area (TPSA) is 80.9 Å². The van der Waals surface area contributed by atoms with Crippen molar-refractivity contribution in [2.45, 2.75) is 19.8 Å². The van der Waals surface area contributed by atoms with Crippen LogP contribution < -0.4 is 9.47 Å². The van der Waals surface area contributed by atoms with Gasteiger partial charge in [-0.05, 0) is 31.9 Å². The number of aromatic amines is 1. The van der Waals surface area contributed by atoms with E-state index in [9.17, 15) is 9.59 Å². The zero-order chi connectivity index (χ0) is 18.7. The Morgan fingerprint density at radius 3 is 2.38 bits per heavy atom. The molecule has 1 amide bonds. The molecule has 1 aliphatic rings. The van der Waals surface area contributed by atoms with Crippen LogP contribution in [0, 0.1) is 5.92 Å². The van der Waals surface area contributed by atoms with E-state index < -0.39 is 0 Å². The Kier molecular flexibility index (Phi) is 5.35. The number of carbonyl (C=O) groups is 2. The summed E-state index contributed by atoms with van der Waals surface area (Å²) in [6.45, 7) is 3.28. The second kappa shape index (κ2) is 7.68. The molecule has 0 unspecified atom stereocenters. The number of hydrogen-bond donors (Lipinski definition) is 1. The summed E-state index contributed by atoms with van der Waals surface area (Å²) in [5.74, 6) is 0.880. The van der Waals surface area contributed by atoms with E-state index in [0.29, 0.717) is 49.7 Å². The van der Waals surface area contributed by atoms with Crippen molar-refractivity contribution in [1.82, 2.24) is 9.88 Å². The first-order valence-corrected chi connectivity index (χ1v) is 8.78. The van der Waals surface area contributed by atoms with Crippen molar-refractivity contribution in [1.29, 1.82) is 0 Å². The van der Waals surface area contributed by atoms with Crippen molar-refractivity contribution < 1.29 is 23.8 Å². The first kappa shape index (κ1) is 18.1. The normalized spacial score (nSPS) is 15.1. The van der Waals surface area contributed by atoms with Gasteiger partial charge in [-0.15, -0.1) is 0 Å². The summed E-state index contributed by atoms with van der Waals surface area (Å²) >= 11 is 0. The zero-order valence-corrected chi connectivity index (χ0v) is 15.3. The standard InChI is InChI=1S/C19H24N2O5/c1-4-26-19(23)12-5-7-21(8-6-12)18(22)15-9-13-10-16(24-2)17(25-3)11-14(13)20-15/h9-12,20H,4-8H2,1-3H3. The number of nitrogens with zero attached hydrogens (tertiary/aromatic N) is 1. The molecule has 7 heteroatoms. The quantitative estimate of drug-likeness (QED) is 0.829. The SMILES string of the molecule is CCOC(=O)C1CCN(C(=O)c2cc3cc(OC)c(OC)cc3[nH]2)CC1. The fraction of sp³-hybridized carbons (Fsp3) is 0.474. The van der Waals surface area contributed by atoms with E-state index in [1.165, 1.54) is 0 Å². The van der Waals surface area contributed by atoms with Crippen LogP contribution in [0.1, 0.15) is 30.3 Å². The minimum atomic E-state index is -0.163. The van der Waals surface area contributed by atoms with Crippen molar-refractivity contribution >= 4 is 22.8 Å². The lowest BCUT2D eigenvalue weighted by atomic mass is 9.97. The Morgan fingerprint density at radius 2 is 1.77 bits per heavy atom. The minimum absolute atomic E-state index is 0.0681. The number of H-pyrrole nitrogens is 1. The zero-order valence-electron chi connectivity index (χ0n) is 15.3. The molecule has 0 radical (unpaired) electrons. The first-order valence-electron chi connectivity index (χ1n) is 8.78. The number of ether oxygens (including phenoxy) is 3. The largest absolute Gasteiger partial charge is 0.493 e. The van der Waals surface area contributed by atoms with Gasteiger partial charge in [0.1, 0.15) is 5.69 Å². The van der Waals surface area contributed by atoms with Gasteiger partial charge in [0.05, 0.1) is 26.7 Å². The predicted molar refractivity (Wildman–Crippen MR) is 96.7 cm³/mol. The average molecular weight is 360 g/mol. The number of amides is 1. The molecule has 0 bridgehead atoms. The third kappa shape index (κ3) is 3.47. The second-order valence-corrected chi connectivity index (χ2v) is 6.30. The molecule has 2 heterocycles. The fourth-order valence-electron chi connectivity index (χ4n) is 3.32. The average Bonchev–Trinajstić information content (AvgIpc) is 3.09. The Morgan fingerprint density at radius 1 is 1.12 bits per heavy atom. The predicted octanol–water partition coefficient (Wildman–Crippen LogP) is 2.60. The monoisotopic (exact) mass is 360 g/mol. The number of methoxy groups -OCH3 is 2. The van der Waals surface area contributed by atoms with E-state index in [0.717, 1.165) is 10.9 Å². The molecular weight excluding hydrogens is 336 g/mol. The number of nitrogens with one attached hydrogen (secondary N) is 1. The van der Waals surface area contributed by atoms with Gasteiger partial charge in [0.25, 0.3) is 5.91 Å². The first-order chi connectivity index (χ1) is 12.6. The molecule has 2 aromatic rings. The molecule has 1 fully saturated rings. The summed E-state index contributed by atoms with van der Waals surface area (Å²) in [5, 5.41) is 0.882. The van der Waals surface area contributed by atoms with Crippen molar-refractivity contribution in [3.63, 3.8) is 0 Å².